The van der Waals surface area contributed by atoms with Crippen molar-refractivity contribution in [3.8, 4) is 17.2 Å². The highest BCUT2D eigenvalue weighted by molar-refractivity contribution is 5.81. The highest BCUT2D eigenvalue weighted by atomic mass is 16.7. The molecule has 7 heteroatoms. The maximum absolute atomic E-state index is 11.9. The van der Waals surface area contributed by atoms with E-state index >= 15 is 0 Å². The molecule has 0 saturated carbocycles. The summed E-state index contributed by atoms with van der Waals surface area (Å²) in [5.74, 6) is 1.20. The molecule has 1 aromatic heterocycles. The molecule has 0 atom stereocenters. The lowest BCUT2D eigenvalue weighted by molar-refractivity contribution is -0.147. The molecule has 138 valence electrons. The normalized spacial score (nSPS) is 12.2. The van der Waals surface area contributed by atoms with Gasteiger partial charge in [-0.05, 0) is 42.3 Å². The van der Waals surface area contributed by atoms with Gasteiger partial charge in [-0.1, -0.05) is 6.07 Å². The molecule has 7 nitrogen and oxygen atoms in total. The van der Waals surface area contributed by atoms with E-state index in [1.165, 1.54) is 6.07 Å². The summed E-state index contributed by atoms with van der Waals surface area (Å²) in [6.07, 6.45) is 0. The molecule has 0 amide bonds. The van der Waals surface area contributed by atoms with Gasteiger partial charge < -0.3 is 23.4 Å². The van der Waals surface area contributed by atoms with Crippen LogP contribution >= 0.6 is 0 Å². The number of benzene rings is 2. The van der Waals surface area contributed by atoms with Gasteiger partial charge in [0.1, 0.15) is 17.9 Å². The van der Waals surface area contributed by atoms with Crippen LogP contribution in [0.1, 0.15) is 11.1 Å². The summed E-state index contributed by atoms with van der Waals surface area (Å²) in [7, 11) is 0. The molecular formula is C20H16O7. The minimum Gasteiger partial charge on any atom is -0.482 e. The van der Waals surface area contributed by atoms with Crippen LogP contribution < -0.4 is 19.8 Å². The number of aryl methyl sites for hydroxylation is 1. The average molecular weight is 368 g/mol. The highest BCUT2D eigenvalue weighted by Gasteiger charge is 2.14. The lowest BCUT2D eigenvalue weighted by Crippen LogP contribution is -2.14. The molecular weight excluding hydrogens is 352 g/mol. The van der Waals surface area contributed by atoms with Crippen LogP contribution in [-0.2, 0) is 16.1 Å². The number of carbonyl (C=O) groups excluding carboxylic acids is 1. The third-order valence-electron chi connectivity index (χ3n) is 4.12. The van der Waals surface area contributed by atoms with Gasteiger partial charge in [-0.3, -0.25) is 0 Å². The zero-order chi connectivity index (χ0) is 18.8. The third kappa shape index (κ3) is 3.72. The third-order valence-corrected chi connectivity index (χ3v) is 4.12. The van der Waals surface area contributed by atoms with Gasteiger partial charge in [0, 0.05) is 17.5 Å². The lowest BCUT2D eigenvalue weighted by atomic mass is 10.1. The summed E-state index contributed by atoms with van der Waals surface area (Å²) in [5.41, 5.74) is 1.58. The first-order valence-corrected chi connectivity index (χ1v) is 8.30. The van der Waals surface area contributed by atoms with E-state index in [-0.39, 0.29) is 20.0 Å². The van der Waals surface area contributed by atoms with Gasteiger partial charge in [0.25, 0.3) is 0 Å². The molecule has 0 unspecified atom stereocenters. The Labute approximate surface area is 154 Å². The minimum absolute atomic E-state index is 0.102. The molecule has 0 aliphatic carbocycles. The molecule has 1 aliphatic heterocycles. The van der Waals surface area contributed by atoms with Crippen LogP contribution in [0.15, 0.2) is 51.7 Å². The van der Waals surface area contributed by atoms with Gasteiger partial charge in [-0.15, -0.1) is 0 Å². The Kier molecular flexibility index (Phi) is 4.42. The van der Waals surface area contributed by atoms with Crippen molar-refractivity contribution in [2.75, 3.05) is 13.4 Å². The van der Waals surface area contributed by atoms with Crippen molar-refractivity contribution in [2.24, 2.45) is 0 Å². The smallest absolute Gasteiger partial charge is 0.344 e. The maximum Gasteiger partial charge on any atom is 0.344 e. The number of esters is 1. The van der Waals surface area contributed by atoms with E-state index in [0.29, 0.717) is 22.8 Å². The second-order valence-electron chi connectivity index (χ2n) is 6.04. The maximum atomic E-state index is 11.9. The van der Waals surface area contributed by atoms with Crippen molar-refractivity contribution in [1.29, 1.82) is 0 Å². The standard InChI is InChI=1S/C20H16O7/c1-12-6-19(21)27-17-8-14(3-4-15(12)17)23-10-20(22)24-9-13-2-5-16-18(7-13)26-11-25-16/h2-8H,9-11H2,1H3. The number of hydrogen-bond acceptors (Lipinski definition) is 7. The van der Waals surface area contributed by atoms with Crippen LogP contribution in [0, 0.1) is 6.92 Å². The Bertz CT molecular complexity index is 1070. The van der Waals surface area contributed by atoms with E-state index in [1.54, 1.807) is 36.4 Å². The molecule has 1 aliphatic rings. The summed E-state index contributed by atoms with van der Waals surface area (Å²) in [5, 5.41) is 0.812. The molecule has 2 heterocycles. The molecule has 2 aromatic carbocycles. The molecule has 4 rings (SSSR count). The Balaban J connectivity index is 1.35. The van der Waals surface area contributed by atoms with Crippen LogP contribution in [0.4, 0.5) is 0 Å². The Morgan fingerprint density at radius 2 is 1.93 bits per heavy atom. The molecule has 0 spiro atoms. The SMILES string of the molecule is Cc1cc(=O)oc2cc(OCC(=O)OCc3ccc4c(c3)OCO4)ccc12. The van der Waals surface area contributed by atoms with E-state index < -0.39 is 11.6 Å². The minimum atomic E-state index is -0.515. The van der Waals surface area contributed by atoms with Gasteiger partial charge in [-0.25, -0.2) is 9.59 Å². The number of ether oxygens (including phenoxy) is 4. The van der Waals surface area contributed by atoms with Crippen molar-refractivity contribution in [1.82, 2.24) is 0 Å². The Morgan fingerprint density at radius 1 is 1.07 bits per heavy atom. The van der Waals surface area contributed by atoms with Crippen LogP contribution in [0.3, 0.4) is 0 Å². The quantitative estimate of drug-likeness (QED) is 0.506. The van der Waals surface area contributed by atoms with Crippen molar-refractivity contribution in [3.63, 3.8) is 0 Å². The van der Waals surface area contributed by atoms with E-state index in [1.807, 2.05) is 6.92 Å². The highest BCUT2D eigenvalue weighted by Crippen LogP contribution is 2.32. The lowest BCUT2D eigenvalue weighted by Gasteiger charge is -2.08. The van der Waals surface area contributed by atoms with E-state index in [2.05, 4.69) is 0 Å². The number of hydrogen-bond donors (Lipinski definition) is 0. The second kappa shape index (κ2) is 7.03. The van der Waals surface area contributed by atoms with Crippen LogP contribution in [-0.4, -0.2) is 19.4 Å². The van der Waals surface area contributed by atoms with Gasteiger partial charge in [-0.2, -0.15) is 0 Å². The molecule has 0 radical (unpaired) electrons. The molecule has 0 saturated heterocycles. The first-order valence-electron chi connectivity index (χ1n) is 8.30. The monoisotopic (exact) mass is 368 g/mol. The van der Waals surface area contributed by atoms with E-state index in [9.17, 15) is 9.59 Å². The molecule has 0 fully saturated rings. The van der Waals surface area contributed by atoms with Crippen molar-refractivity contribution in [2.45, 2.75) is 13.5 Å². The summed E-state index contributed by atoms with van der Waals surface area (Å²) in [4.78, 5) is 23.4. The molecule has 27 heavy (non-hydrogen) atoms. The topological polar surface area (TPSA) is 84.2 Å². The Morgan fingerprint density at radius 3 is 2.81 bits per heavy atom. The van der Waals surface area contributed by atoms with Gasteiger partial charge in [0.15, 0.2) is 18.1 Å². The molecule has 0 bridgehead atoms. The zero-order valence-corrected chi connectivity index (χ0v) is 14.5. The van der Waals surface area contributed by atoms with E-state index in [4.69, 9.17) is 23.4 Å². The van der Waals surface area contributed by atoms with Gasteiger partial charge in [0.2, 0.25) is 6.79 Å². The molecule has 3 aromatic rings. The fraction of sp³-hybridized carbons (Fsp3) is 0.200. The van der Waals surface area contributed by atoms with Crippen molar-refractivity contribution in [3.05, 3.63) is 64.0 Å². The number of carbonyl (C=O) groups is 1. The van der Waals surface area contributed by atoms with Crippen molar-refractivity contribution >= 4 is 16.9 Å². The van der Waals surface area contributed by atoms with Crippen molar-refractivity contribution < 1.29 is 28.2 Å². The molecule has 0 N–H and O–H groups in total. The fourth-order valence-electron chi connectivity index (χ4n) is 2.77. The number of fused-ring (bicyclic) bond motifs is 2. The summed E-state index contributed by atoms with van der Waals surface area (Å²) in [6.45, 7) is 1.86. The van der Waals surface area contributed by atoms with Crippen LogP contribution in [0.25, 0.3) is 11.0 Å². The summed E-state index contributed by atoms with van der Waals surface area (Å²) >= 11 is 0. The van der Waals surface area contributed by atoms with Gasteiger partial charge >= 0.3 is 11.6 Å². The Hall–Kier alpha value is -3.48. The zero-order valence-electron chi connectivity index (χ0n) is 14.5. The summed E-state index contributed by atoms with van der Waals surface area (Å²) in [6, 6.07) is 11.8. The van der Waals surface area contributed by atoms with Crippen LogP contribution in [0.5, 0.6) is 17.2 Å². The second-order valence-corrected chi connectivity index (χ2v) is 6.04. The number of rotatable bonds is 5. The predicted octanol–water partition coefficient (Wildman–Crippen LogP) is 2.95. The average Bonchev–Trinajstić information content (AvgIpc) is 3.12. The van der Waals surface area contributed by atoms with Crippen LogP contribution in [0.2, 0.25) is 0 Å². The first kappa shape index (κ1) is 17.0. The summed E-state index contributed by atoms with van der Waals surface area (Å²) < 4.78 is 26.3. The largest absolute Gasteiger partial charge is 0.482 e. The predicted molar refractivity (Wildman–Crippen MR) is 95.1 cm³/mol. The van der Waals surface area contributed by atoms with E-state index in [0.717, 1.165) is 16.5 Å². The first-order chi connectivity index (χ1) is 13.1. The van der Waals surface area contributed by atoms with Gasteiger partial charge in [0.05, 0.1) is 0 Å². The fourth-order valence-corrected chi connectivity index (χ4v) is 2.77.